The van der Waals surface area contributed by atoms with E-state index in [1.54, 1.807) is 0 Å². The highest BCUT2D eigenvalue weighted by Gasteiger charge is 2.00. The number of amidine groups is 1. The molecule has 0 aliphatic carbocycles. The van der Waals surface area contributed by atoms with Gasteiger partial charge in [-0.15, -0.1) is 0 Å². The largest absolute Gasteiger partial charge is 0.409 e. The van der Waals surface area contributed by atoms with Crippen LogP contribution >= 0.6 is 31.9 Å². The van der Waals surface area contributed by atoms with Gasteiger partial charge >= 0.3 is 0 Å². The van der Waals surface area contributed by atoms with Crippen LogP contribution in [0.3, 0.4) is 0 Å². The summed E-state index contributed by atoms with van der Waals surface area (Å²) >= 11 is 6.80. The molecule has 0 saturated heterocycles. The second-order valence-electron chi connectivity index (χ2n) is 2.89. The highest BCUT2D eigenvalue weighted by atomic mass is 79.9. The number of nitrogens with zero attached hydrogens (tertiary/aromatic N) is 1. The number of nitrogens with two attached hydrogens (primary N) is 1. The fraction of sp³-hybridized carbons (Fsp3) is 0.222. The Morgan fingerprint density at radius 2 is 2.20 bits per heavy atom. The van der Waals surface area contributed by atoms with E-state index >= 15 is 0 Å². The molecule has 0 bridgehead atoms. The van der Waals surface area contributed by atoms with E-state index in [4.69, 9.17) is 10.9 Å². The average molecular weight is 337 g/mol. The minimum atomic E-state index is 0.216. The zero-order chi connectivity index (χ0) is 11.3. The fourth-order valence-electron chi connectivity index (χ4n) is 1.01. The van der Waals surface area contributed by atoms with Gasteiger partial charge in [0.1, 0.15) is 5.84 Å². The molecule has 15 heavy (non-hydrogen) atoms. The number of anilines is 1. The molecule has 0 radical (unpaired) electrons. The smallest absolute Gasteiger partial charge is 0.140 e. The molecule has 0 amide bonds. The highest BCUT2D eigenvalue weighted by molar-refractivity contribution is 9.11. The van der Waals surface area contributed by atoms with E-state index in [2.05, 4.69) is 42.3 Å². The van der Waals surface area contributed by atoms with Gasteiger partial charge in [0.25, 0.3) is 0 Å². The van der Waals surface area contributed by atoms with E-state index in [-0.39, 0.29) is 5.84 Å². The predicted molar refractivity (Wildman–Crippen MR) is 68.4 cm³/mol. The number of oxime groups is 1. The van der Waals surface area contributed by atoms with Gasteiger partial charge in [-0.1, -0.05) is 21.1 Å². The molecule has 0 unspecified atom stereocenters. The Bertz CT molecular complexity index is 368. The normalized spacial score (nSPS) is 11.5. The Morgan fingerprint density at radius 3 is 2.87 bits per heavy atom. The first-order valence-electron chi connectivity index (χ1n) is 4.29. The van der Waals surface area contributed by atoms with Crippen molar-refractivity contribution in [2.24, 2.45) is 10.9 Å². The van der Waals surface area contributed by atoms with Crippen LogP contribution in [0.1, 0.15) is 6.42 Å². The van der Waals surface area contributed by atoms with Crippen LogP contribution in [0.2, 0.25) is 0 Å². The Balaban J connectivity index is 2.54. The molecule has 1 rings (SSSR count). The molecule has 0 aliphatic rings. The van der Waals surface area contributed by atoms with Crippen LogP contribution in [0.5, 0.6) is 0 Å². The Hall–Kier alpha value is -0.750. The highest BCUT2D eigenvalue weighted by Crippen LogP contribution is 2.25. The number of nitrogens with one attached hydrogen (secondary N) is 1. The molecule has 0 atom stereocenters. The molecular formula is C9H11Br2N3O. The third-order valence-electron chi connectivity index (χ3n) is 1.75. The van der Waals surface area contributed by atoms with Crippen LogP contribution in [-0.2, 0) is 0 Å². The van der Waals surface area contributed by atoms with Crippen molar-refractivity contribution in [3.05, 3.63) is 27.1 Å². The fourth-order valence-corrected chi connectivity index (χ4v) is 1.76. The van der Waals surface area contributed by atoms with Gasteiger partial charge in [0, 0.05) is 27.6 Å². The van der Waals surface area contributed by atoms with E-state index in [0.29, 0.717) is 13.0 Å². The zero-order valence-corrected chi connectivity index (χ0v) is 11.0. The van der Waals surface area contributed by atoms with Gasteiger partial charge in [-0.2, -0.15) is 0 Å². The summed E-state index contributed by atoms with van der Waals surface area (Å²) in [5.74, 6) is 0.216. The second-order valence-corrected chi connectivity index (χ2v) is 4.66. The molecule has 0 aliphatic heterocycles. The van der Waals surface area contributed by atoms with Gasteiger partial charge < -0.3 is 16.3 Å². The Kier molecular flexibility index (Phi) is 4.90. The van der Waals surface area contributed by atoms with Gasteiger partial charge in [0.05, 0.1) is 0 Å². The third kappa shape index (κ3) is 4.09. The van der Waals surface area contributed by atoms with E-state index in [9.17, 15) is 0 Å². The van der Waals surface area contributed by atoms with E-state index in [1.807, 2.05) is 18.2 Å². The Labute approximate surface area is 105 Å². The summed E-state index contributed by atoms with van der Waals surface area (Å²) in [6.45, 7) is 0.616. The van der Waals surface area contributed by atoms with E-state index in [0.717, 1.165) is 14.6 Å². The van der Waals surface area contributed by atoms with Gasteiger partial charge in [-0.05, 0) is 34.1 Å². The SMILES string of the molecule is NC(CCNc1cc(Br)ccc1Br)=NO. The third-order valence-corrected chi connectivity index (χ3v) is 2.94. The van der Waals surface area contributed by atoms with Crippen molar-refractivity contribution in [2.45, 2.75) is 6.42 Å². The van der Waals surface area contributed by atoms with Crippen LogP contribution in [-0.4, -0.2) is 17.6 Å². The molecule has 0 saturated carbocycles. The number of benzene rings is 1. The number of rotatable bonds is 4. The summed E-state index contributed by atoms with van der Waals surface area (Å²) in [4.78, 5) is 0. The maximum absolute atomic E-state index is 8.35. The summed E-state index contributed by atoms with van der Waals surface area (Å²) in [5, 5.41) is 14.4. The van der Waals surface area contributed by atoms with Crippen molar-refractivity contribution < 1.29 is 5.21 Å². The second kappa shape index (κ2) is 5.97. The first kappa shape index (κ1) is 12.3. The summed E-state index contributed by atoms with van der Waals surface area (Å²) in [7, 11) is 0. The summed E-state index contributed by atoms with van der Waals surface area (Å²) in [6.07, 6.45) is 0.495. The number of halogens is 2. The topological polar surface area (TPSA) is 70.6 Å². The minimum absolute atomic E-state index is 0.216. The molecule has 1 aromatic carbocycles. The molecule has 6 heteroatoms. The monoisotopic (exact) mass is 335 g/mol. The van der Waals surface area contributed by atoms with Crippen molar-refractivity contribution in [3.8, 4) is 0 Å². The molecule has 4 nitrogen and oxygen atoms in total. The van der Waals surface area contributed by atoms with E-state index < -0.39 is 0 Å². The lowest BCUT2D eigenvalue weighted by molar-refractivity contribution is 0.317. The molecule has 0 aromatic heterocycles. The molecule has 1 aromatic rings. The molecular weight excluding hydrogens is 326 g/mol. The van der Waals surface area contributed by atoms with Crippen molar-refractivity contribution >= 4 is 43.4 Å². The van der Waals surface area contributed by atoms with Crippen LogP contribution in [0, 0.1) is 0 Å². The maximum atomic E-state index is 8.35. The van der Waals surface area contributed by atoms with Crippen LogP contribution < -0.4 is 11.1 Å². The number of hydrogen-bond acceptors (Lipinski definition) is 3. The zero-order valence-electron chi connectivity index (χ0n) is 7.87. The molecule has 0 spiro atoms. The summed E-state index contributed by atoms with van der Waals surface area (Å²) in [5.41, 5.74) is 6.31. The summed E-state index contributed by atoms with van der Waals surface area (Å²) in [6, 6.07) is 5.84. The van der Waals surface area contributed by atoms with Gasteiger partial charge in [-0.3, -0.25) is 0 Å². The first-order valence-corrected chi connectivity index (χ1v) is 5.87. The minimum Gasteiger partial charge on any atom is -0.409 e. The maximum Gasteiger partial charge on any atom is 0.140 e. The molecule has 82 valence electrons. The molecule has 0 heterocycles. The number of hydrogen-bond donors (Lipinski definition) is 3. The quantitative estimate of drug-likeness (QED) is 0.342. The van der Waals surface area contributed by atoms with Crippen molar-refractivity contribution in [3.63, 3.8) is 0 Å². The molecule has 0 fully saturated rings. The van der Waals surface area contributed by atoms with Gasteiger partial charge in [-0.25, -0.2) is 0 Å². The van der Waals surface area contributed by atoms with Crippen molar-refractivity contribution in [1.82, 2.24) is 0 Å². The standard InChI is InChI=1S/C9H11Br2N3O/c10-6-1-2-7(11)8(5-6)13-4-3-9(12)14-15/h1-2,5,13,15H,3-4H2,(H2,12,14). The van der Waals surface area contributed by atoms with Crippen LogP contribution in [0.15, 0.2) is 32.3 Å². The van der Waals surface area contributed by atoms with E-state index in [1.165, 1.54) is 0 Å². The van der Waals surface area contributed by atoms with Crippen molar-refractivity contribution in [2.75, 3.05) is 11.9 Å². The summed E-state index contributed by atoms with van der Waals surface area (Å²) < 4.78 is 1.97. The predicted octanol–water partition coefficient (Wildman–Crippen LogP) is 2.76. The lowest BCUT2D eigenvalue weighted by Crippen LogP contribution is -2.16. The van der Waals surface area contributed by atoms with Gasteiger partial charge in [0.2, 0.25) is 0 Å². The van der Waals surface area contributed by atoms with Crippen molar-refractivity contribution in [1.29, 1.82) is 0 Å². The lowest BCUT2D eigenvalue weighted by Gasteiger charge is -2.08. The van der Waals surface area contributed by atoms with Crippen LogP contribution in [0.4, 0.5) is 5.69 Å². The molecule has 4 N–H and O–H groups in total. The Morgan fingerprint density at radius 1 is 1.47 bits per heavy atom. The first-order chi connectivity index (χ1) is 7.13. The lowest BCUT2D eigenvalue weighted by atomic mass is 10.3. The van der Waals surface area contributed by atoms with Crippen LogP contribution in [0.25, 0.3) is 0 Å². The average Bonchev–Trinajstić information content (AvgIpc) is 2.23. The van der Waals surface area contributed by atoms with Gasteiger partial charge in [0.15, 0.2) is 0 Å².